The summed E-state index contributed by atoms with van der Waals surface area (Å²) in [4.78, 5) is 51.7. The summed E-state index contributed by atoms with van der Waals surface area (Å²) in [5.74, 6) is -7.63. The summed E-state index contributed by atoms with van der Waals surface area (Å²) in [6, 6.07) is 5.30. The van der Waals surface area contributed by atoms with Crippen molar-refractivity contribution in [3.05, 3.63) is 115 Å². The minimum absolute atomic E-state index is 0.0582. The number of carbonyl (C=O) groups excluding carboxylic acids is 3. The Balaban J connectivity index is 1.53. The van der Waals surface area contributed by atoms with Crippen molar-refractivity contribution < 1.29 is 89.2 Å². The lowest BCUT2D eigenvalue weighted by Gasteiger charge is -2.45. The van der Waals surface area contributed by atoms with E-state index in [9.17, 15) is 70.2 Å². The predicted molar refractivity (Wildman–Crippen MR) is 293 cm³/mol. The van der Waals surface area contributed by atoms with Gasteiger partial charge in [-0.05, 0) is 75.1 Å². The van der Waals surface area contributed by atoms with Gasteiger partial charge >= 0.3 is 11.9 Å². The highest BCUT2D eigenvalue weighted by Crippen LogP contribution is 2.38. The number of carbonyl (C=O) groups is 4. The van der Waals surface area contributed by atoms with Gasteiger partial charge in [0.1, 0.15) is 23.9 Å². The van der Waals surface area contributed by atoms with Crippen molar-refractivity contribution in [1.29, 1.82) is 0 Å². The Kier molecular flexibility index (Phi) is 27.8. The number of cyclic esters (lactones) is 1. The second-order valence-electron chi connectivity index (χ2n) is 21.6. The zero-order valence-corrected chi connectivity index (χ0v) is 45.7. The summed E-state index contributed by atoms with van der Waals surface area (Å²) >= 11 is 0. The topological polar surface area (TPSA) is 360 Å². The summed E-state index contributed by atoms with van der Waals surface area (Å²) in [7, 11) is 0. The minimum Gasteiger partial charge on any atom is -0.481 e. The van der Waals surface area contributed by atoms with Gasteiger partial charge in [0.05, 0.1) is 73.5 Å². The molecule has 4 unspecified atom stereocenters. The molecule has 440 valence electrons. The number of carboxylic acid groups (broad SMARTS) is 1. The molecule has 3 heterocycles. The molecule has 1 aromatic rings. The molecular formula is C59H86N2O18. The van der Waals surface area contributed by atoms with Crippen LogP contribution in [0.5, 0.6) is 0 Å². The molecule has 0 saturated carbocycles. The molecule has 2 bridgehead atoms. The van der Waals surface area contributed by atoms with Crippen molar-refractivity contribution in [2.45, 2.75) is 196 Å². The molecule has 20 heteroatoms. The number of hydrogen-bond donors (Lipinski definition) is 12. The number of Topliss-reactive ketones (excluding diaryl/α,β-unsaturated/α-hetero) is 2. The van der Waals surface area contributed by atoms with E-state index in [4.69, 9.17) is 30.4 Å². The molecule has 0 spiro atoms. The molecule has 2 saturated heterocycles. The van der Waals surface area contributed by atoms with Crippen LogP contribution in [0.25, 0.3) is 0 Å². The van der Waals surface area contributed by atoms with Gasteiger partial charge in [0.15, 0.2) is 17.9 Å². The van der Waals surface area contributed by atoms with E-state index in [0.29, 0.717) is 17.7 Å². The van der Waals surface area contributed by atoms with Crippen LogP contribution in [-0.4, -0.2) is 166 Å². The Bertz CT molecular complexity index is 2280. The summed E-state index contributed by atoms with van der Waals surface area (Å²) < 4.78 is 23.8. The fraction of sp³-hybridized carbons (Fsp3) is 0.593. The first-order valence-electron chi connectivity index (χ1n) is 27.3. The number of rotatable bonds is 10. The van der Waals surface area contributed by atoms with Crippen LogP contribution in [0.1, 0.15) is 115 Å². The van der Waals surface area contributed by atoms with Crippen LogP contribution in [0.2, 0.25) is 0 Å². The Morgan fingerprint density at radius 1 is 0.759 bits per heavy atom. The Morgan fingerprint density at radius 3 is 1.95 bits per heavy atom. The Hall–Kier alpha value is -5.04. The van der Waals surface area contributed by atoms with Crippen molar-refractivity contribution in [3.8, 4) is 0 Å². The Labute approximate surface area is 463 Å². The number of hydrogen-bond acceptors (Lipinski definition) is 19. The maximum Gasteiger partial charge on any atom is 0.311 e. The number of esters is 1. The van der Waals surface area contributed by atoms with Gasteiger partial charge in [-0.15, -0.1) is 0 Å². The summed E-state index contributed by atoms with van der Waals surface area (Å²) in [5, 5.41) is 109. The van der Waals surface area contributed by atoms with Gasteiger partial charge in [-0.3, -0.25) is 19.2 Å². The Morgan fingerprint density at radius 2 is 1.34 bits per heavy atom. The highest BCUT2D eigenvalue weighted by Gasteiger charge is 2.51. The molecule has 2 fully saturated rings. The first-order valence-corrected chi connectivity index (χ1v) is 27.3. The van der Waals surface area contributed by atoms with E-state index in [1.165, 1.54) is 13.0 Å². The number of nitrogen functional groups attached to an aromatic ring is 1. The highest BCUT2D eigenvalue weighted by molar-refractivity contribution is 5.96. The van der Waals surface area contributed by atoms with Crippen molar-refractivity contribution >= 4 is 29.2 Å². The molecule has 3 aliphatic rings. The van der Waals surface area contributed by atoms with Crippen LogP contribution in [0.15, 0.2) is 109 Å². The predicted octanol–water partition coefficient (Wildman–Crippen LogP) is 3.56. The van der Waals surface area contributed by atoms with Crippen molar-refractivity contribution in [3.63, 3.8) is 0 Å². The average Bonchev–Trinajstić information content (AvgIpc) is 3.40. The minimum atomic E-state index is -2.32. The fourth-order valence-corrected chi connectivity index (χ4v) is 10.1. The maximum atomic E-state index is 13.4. The normalized spacial score (nSPS) is 37.9. The third-order valence-corrected chi connectivity index (χ3v) is 14.5. The van der Waals surface area contributed by atoms with E-state index >= 15 is 0 Å². The van der Waals surface area contributed by atoms with E-state index < -0.39 is 128 Å². The fourth-order valence-electron chi connectivity index (χ4n) is 10.1. The standard InChI is InChI=1S/C59H86N2O18/c1-35-18-15-13-11-9-7-5-6-8-10-12-14-16-21-46(77-58-55(72)53(61)54(71)38(4)76-58)31-50-52(57(73)74)49(69)34-59(75,79-50)33-45(66)29-44(65)28-43(64)27-41(62)19-17-20-42(63)30-51(70)78-56(35)37(3)26-36(2)47(67)32-48(68)39-22-24-40(60)25-23-39/h5-16,18,21-25,35-38,42-47,49-50,52-56,58,63-67,69,71-72,75H,17,19-20,26-34,60-61H2,1-4H3,(H,73,74)/b6-5-,9-7+,10-8-,13-11+,14-12+,18-15+,21-16+/t35-,36-,37-,38+,42?,43?,44-,45?,46?,47-,49-,50-,52+,53-,54+,55-,56-,58-,59+/m0/s1. The van der Waals surface area contributed by atoms with E-state index in [1.54, 1.807) is 91.1 Å². The molecule has 14 N–H and O–H groups in total. The molecule has 0 amide bonds. The number of fused-ring (bicyclic) bond motifs is 2. The third-order valence-electron chi connectivity index (χ3n) is 14.5. The SMILES string of the molecule is C[C@H]1/C=C/C=C/C=C/C=C\C=C/C=C/C=C/C(O[C@@H]2O[C@H](C)[C@@H](O)[C@H](N)[C@@H]2O)C[C@@H]2O[C@](O)(CC(O)C[C@@H](O)CC(O)CC(=O)CCCC(O)CC(=O)O[C@@H]1[C@@H](C)C[C@H](C)[C@@H](O)CC(=O)c1ccc(N)cc1)C[C@H](O)[C@H]2C(=O)O. The number of aliphatic hydroxyl groups is 9. The largest absolute Gasteiger partial charge is 0.481 e. The number of anilines is 1. The lowest BCUT2D eigenvalue weighted by atomic mass is 9.82. The van der Waals surface area contributed by atoms with E-state index in [-0.39, 0.29) is 80.7 Å². The highest BCUT2D eigenvalue weighted by atomic mass is 16.7. The maximum absolute atomic E-state index is 13.4. The van der Waals surface area contributed by atoms with Crippen LogP contribution >= 0.6 is 0 Å². The van der Waals surface area contributed by atoms with Crippen molar-refractivity contribution in [2.24, 2.45) is 29.4 Å². The number of ether oxygens (including phenoxy) is 4. The van der Waals surface area contributed by atoms with Gasteiger partial charge in [-0.2, -0.15) is 0 Å². The summed E-state index contributed by atoms with van der Waals surface area (Å²) in [5.41, 5.74) is 12.8. The van der Waals surface area contributed by atoms with Crippen LogP contribution in [0.3, 0.4) is 0 Å². The summed E-state index contributed by atoms with van der Waals surface area (Å²) in [6.45, 7) is 7.13. The molecule has 0 radical (unpaired) electrons. The molecule has 20 nitrogen and oxygen atoms in total. The molecule has 0 aromatic heterocycles. The molecule has 4 rings (SSSR count). The van der Waals surface area contributed by atoms with Gasteiger partial charge in [0.2, 0.25) is 0 Å². The van der Waals surface area contributed by atoms with Crippen molar-refractivity contribution in [1.82, 2.24) is 0 Å². The summed E-state index contributed by atoms with van der Waals surface area (Å²) in [6.07, 6.45) is 5.48. The zero-order chi connectivity index (χ0) is 58.4. The van der Waals surface area contributed by atoms with Crippen LogP contribution in [0.4, 0.5) is 5.69 Å². The number of carboxylic acids is 1. The monoisotopic (exact) mass is 1110 g/mol. The van der Waals surface area contributed by atoms with Gasteiger partial charge < -0.3 is 81.5 Å². The number of nitrogens with two attached hydrogens (primary N) is 2. The van der Waals surface area contributed by atoms with Crippen LogP contribution < -0.4 is 11.5 Å². The lowest BCUT2D eigenvalue weighted by molar-refractivity contribution is -0.308. The second kappa shape index (κ2) is 33.0. The first-order chi connectivity index (χ1) is 37.4. The first kappa shape index (κ1) is 66.5. The number of aliphatic hydroxyl groups excluding tert-OH is 8. The molecule has 1 aromatic carbocycles. The van der Waals surface area contributed by atoms with Crippen LogP contribution in [-0.2, 0) is 33.3 Å². The van der Waals surface area contributed by atoms with Crippen LogP contribution in [0, 0.1) is 23.7 Å². The van der Waals surface area contributed by atoms with E-state index in [2.05, 4.69) is 0 Å². The number of allylic oxidation sites excluding steroid dienone is 12. The molecule has 19 atom stereocenters. The van der Waals surface area contributed by atoms with Gasteiger partial charge in [0, 0.05) is 55.7 Å². The molecular weight excluding hydrogens is 1020 g/mol. The van der Waals surface area contributed by atoms with E-state index in [1.807, 2.05) is 32.9 Å². The van der Waals surface area contributed by atoms with Gasteiger partial charge in [-0.25, -0.2) is 0 Å². The van der Waals surface area contributed by atoms with Gasteiger partial charge in [0.25, 0.3) is 0 Å². The number of aliphatic carboxylic acids is 1. The number of ketones is 2. The van der Waals surface area contributed by atoms with Gasteiger partial charge in [-0.1, -0.05) is 106 Å². The molecule has 0 aliphatic carbocycles. The molecule has 79 heavy (non-hydrogen) atoms. The molecule has 3 aliphatic heterocycles. The third kappa shape index (κ3) is 22.8. The lowest BCUT2D eigenvalue weighted by Crippen LogP contribution is -2.61. The van der Waals surface area contributed by atoms with Crippen molar-refractivity contribution in [2.75, 3.05) is 5.73 Å². The zero-order valence-electron chi connectivity index (χ0n) is 45.7. The van der Waals surface area contributed by atoms with E-state index in [0.717, 1.165) is 0 Å². The quantitative estimate of drug-likeness (QED) is 0.0905. The number of benzene rings is 1. The second-order valence-corrected chi connectivity index (χ2v) is 21.6. The smallest absolute Gasteiger partial charge is 0.311 e. The average molecular weight is 1110 g/mol.